The van der Waals surface area contributed by atoms with Crippen molar-refractivity contribution >= 4 is 28.9 Å². The highest BCUT2D eigenvalue weighted by Crippen LogP contribution is 2.26. The van der Waals surface area contributed by atoms with Gasteiger partial charge in [-0.1, -0.05) is 53.5 Å². The number of halogens is 2. The van der Waals surface area contributed by atoms with Crippen LogP contribution in [0.25, 0.3) is 0 Å². The second-order valence-electron chi connectivity index (χ2n) is 4.47. The van der Waals surface area contributed by atoms with Crippen LogP contribution in [0.15, 0.2) is 42.5 Å². The fourth-order valence-corrected chi connectivity index (χ4v) is 2.39. The number of nitrogens with one attached hydrogen (secondary N) is 1. The molecule has 2 aromatic rings. The third-order valence-corrected chi connectivity index (χ3v) is 3.95. The molecular formula is C16H17Cl2NO. The van der Waals surface area contributed by atoms with E-state index >= 15 is 0 Å². The summed E-state index contributed by atoms with van der Waals surface area (Å²) in [6, 6.07) is 13.9. The summed E-state index contributed by atoms with van der Waals surface area (Å²) in [5.41, 5.74) is 3.31. The smallest absolute Gasteiger partial charge is 0.0642 e. The van der Waals surface area contributed by atoms with Crippen molar-refractivity contribution in [2.24, 2.45) is 0 Å². The summed E-state index contributed by atoms with van der Waals surface area (Å²) in [7, 11) is 1.71. The van der Waals surface area contributed by atoms with Crippen molar-refractivity contribution in [1.29, 1.82) is 0 Å². The molecule has 0 atom stereocenters. The standard InChI is InChI=1S/C16H17Cl2NO/c1-20-10-9-12-5-2-3-8-15(12)19-11-13-6-4-7-14(17)16(13)18/h2-8,19H,9-11H2,1H3. The van der Waals surface area contributed by atoms with E-state index in [4.69, 9.17) is 27.9 Å². The number of methoxy groups -OCH3 is 1. The van der Waals surface area contributed by atoms with E-state index in [2.05, 4.69) is 17.4 Å². The Morgan fingerprint density at radius 1 is 1.00 bits per heavy atom. The Kier molecular flexibility index (Phi) is 5.72. The Labute approximate surface area is 129 Å². The van der Waals surface area contributed by atoms with Crippen LogP contribution in [-0.2, 0) is 17.7 Å². The zero-order valence-electron chi connectivity index (χ0n) is 11.3. The molecule has 0 saturated heterocycles. The summed E-state index contributed by atoms with van der Waals surface area (Å²) in [5, 5.41) is 4.60. The van der Waals surface area contributed by atoms with Crippen molar-refractivity contribution in [2.75, 3.05) is 19.0 Å². The molecule has 0 radical (unpaired) electrons. The summed E-state index contributed by atoms with van der Waals surface area (Å²) >= 11 is 12.2. The minimum Gasteiger partial charge on any atom is -0.384 e. The van der Waals surface area contributed by atoms with Gasteiger partial charge in [-0.05, 0) is 29.7 Å². The van der Waals surface area contributed by atoms with Gasteiger partial charge in [0.15, 0.2) is 0 Å². The number of benzene rings is 2. The molecule has 2 rings (SSSR count). The van der Waals surface area contributed by atoms with Crippen molar-refractivity contribution in [3.05, 3.63) is 63.6 Å². The van der Waals surface area contributed by atoms with Crippen molar-refractivity contribution < 1.29 is 4.74 Å². The highest BCUT2D eigenvalue weighted by Gasteiger charge is 2.06. The van der Waals surface area contributed by atoms with Gasteiger partial charge < -0.3 is 10.1 Å². The third-order valence-electron chi connectivity index (χ3n) is 3.09. The lowest BCUT2D eigenvalue weighted by Gasteiger charge is -2.13. The van der Waals surface area contributed by atoms with Gasteiger partial charge in [-0.25, -0.2) is 0 Å². The molecule has 106 valence electrons. The van der Waals surface area contributed by atoms with E-state index < -0.39 is 0 Å². The quantitative estimate of drug-likeness (QED) is 0.828. The number of rotatable bonds is 6. The van der Waals surface area contributed by atoms with Gasteiger partial charge in [0.05, 0.1) is 16.7 Å². The molecule has 0 unspecified atom stereocenters. The summed E-state index contributed by atoms with van der Waals surface area (Å²) in [6.45, 7) is 1.35. The average Bonchev–Trinajstić information content (AvgIpc) is 2.47. The fourth-order valence-electron chi connectivity index (χ4n) is 2.00. The molecule has 0 aromatic heterocycles. The van der Waals surface area contributed by atoms with Gasteiger partial charge in [-0.15, -0.1) is 0 Å². The lowest BCUT2D eigenvalue weighted by molar-refractivity contribution is 0.202. The van der Waals surface area contributed by atoms with E-state index in [1.165, 1.54) is 5.56 Å². The molecule has 20 heavy (non-hydrogen) atoms. The lowest BCUT2D eigenvalue weighted by Crippen LogP contribution is -2.04. The molecule has 0 bridgehead atoms. The Hall–Kier alpha value is -1.22. The normalized spacial score (nSPS) is 10.6. The molecule has 0 fully saturated rings. The minimum atomic E-state index is 0.582. The topological polar surface area (TPSA) is 21.3 Å². The monoisotopic (exact) mass is 309 g/mol. The Morgan fingerprint density at radius 2 is 1.75 bits per heavy atom. The van der Waals surface area contributed by atoms with Crippen LogP contribution in [0.5, 0.6) is 0 Å². The van der Waals surface area contributed by atoms with Crippen LogP contribution < -0.4 is 5.32 Å². The Balaban J connectivity index is 2.09. The van der Waals surface area contributed by atoms with Gasteiger partial charge in [0.1, 0.15) is 0 Å². The first kappa shape index (κ1) is 15.2. The summed E-state index contributed by atoms with van der Waals surface area (Å²) in [4.78, 5) is 0. The second kappa shape index (κ2) is 7.53. The molecular weight excluding hydrogens is 293 g/mol. The molecule has 1 N–H and O–H groups in total. The van der Waals surface area contributed by atoms with Crippen LogP contribution in [0, 0.1) is 0 Å². The number of ether oxygens (including phenoxy) is 1. The molecule has 0 heterocycles. The van der Waals surface area contributed by atoms with Gasteiger partial charge in [-0.3, -0.25) is 0 Å². The van der Waals surface area contributed by atoms with Gasteiger partial charge >= 0.3 is 0 Å². The fraction of sp³-hybridized carbons (Fsp3) is 0.250. The molecule has 2 nitrogen and oxygen atoms in total. The predicted octanol–water partition coefficient (Wildman–Crippen LogP) is 4.79. The highest BCUT2D eigenvalue weighted by molar-refractivity contribution is 6.42. The molecule has 0 aliphatic heterocycles. The van der Waals surface area contributed by atoms with Gasteiger partial charge in [0.2, 0.25) is 0 Å². The first-order valence-corrected chi connectivity index (χ1v) is 7.21. The van der Waals surface area contributed by atoms with Crippen LogP contribution in [0.2, 0.25) is 10.0 Å². The second-order valence-corrected chi connectivity index (χ2v) is 5.25. The number of para-hydroxylation sites is 1. The summed E-state index contributed by atoms with van der Waals surface area (Å²) < 4.78 is 5.13. The third kappa shape index (κ3) is 3.89. The van der Waals surface area contributed by atoms with Gasteiger partial charge in [0, 0.05) is 19.3 Å². The SMILES string of the molecule is COCCc1ccccc1NCc1cccc(Cl)c1Cl. The maximum atomic E-state index is 6.19. The number of hydrogen-bond donors (Lipinski definition) is 1. The van der Waals surface area contributed by atoms with E-state index in [9.17, 15) is 0 Å². The number of hydrogen-bond acceptors (Lipinski definition) is 2. The Morgan fingerprint density at radius 3 is 2.55 bits per heavy atom. The van der Waals surface area contributed by atoms with Crippen LogP contribution in [0.4, 0.5) is 5.69 Å². The van der Waals surface area contributed by atoms with Crippen molar-refractivity contribution in [2.45, 2.75) is 13.0 Å². The van der Waals surface area contributed by atoms with Crippen LogP contribution in [0.3, 0.4) is 0 Å². The van der Waals surface area contributed by atoms with Gasteiger partial charge in [-0.2, -0.15) is 0 Å². The maximum Gasteiger partial charge on any atom is 0.0642 e. The van der Waals surface area contributed by atoms with E-state index in [0.717, 1.165) is 17.7 Å². The molecule has 0 aliphatic carbocycles. The van der Waals surface area contributed by atoms with Crippen molar-refractivity contribution in [3.8, 4) is 0 Å². The zero-order chi connectivity index (χ0) is 14.4. The van der Waals surface area contributed by atoms with E-state index in [0.29, 0.717) is 23.2 Å². The van der Waals surface area contributed by atoms with E-state index in [1.54, 1.807) is 13.2 Å². The molecule has 0 aliphatic rings. The minimum absolute atomic E-state index is 0.582. The summed E-state index contributed by atoms with van der Waals surface area (Å²) in [5.74, 6) is 0. The van der Waals surface area contributed by atoms with Gasteiger partial charge in [0.25, 0.3) is 0 Å². The zero-order valence-corrected chi connectivity index (χ0v) is 12.8. The van der Waals surface area contributed by atoms with Crippen LogP contribution in [0.1, 0.15) is 11.1 Å². The molecule has 2 aromatic carbocycles. The molecule has 0 amide bonds. The maximum absolute atomic E-state index is 6.19. The average molecular weight is 310 g/mol. The number of anilines is 1. The van der Waals surface area contributed by atoms with Crippen molar-refractivity contribution in [1.82, 2.24) is 0 Å². The van der Waals surface area contributed by atoms with Crippen molar-refractivity contribution in [3.63, 3.8) is 0 Å². The Bertz CT molecular complexity index is 572. The van der Waals surface area contributed by atoms with Crippen LogP contribution in [-0.4, -0.2) is 13.7 Å². The van der Waals surface area contributed by atoms with E-state index in [-0.39, 0.29) is 0 Å². The lowest BCUT2D eigenvalue weighted by atomic mass is 10.1. The van der Waals surface area contributed by atoms with E-state index in [1.807, 2.05) is 24.3 Å². The first-order valence-electron chi connectivity index (χ1n) is 6.46. The first-order chi connectivity index (χ1) is 9.72. The predicted molar refractivity (Wildman–Crippen MR) is 85.8 cm³/mol. The molecule has 0 saturated carbocycles. The largest absolute Gasteiger partial charge is 0.384 e. The molecule has 0 spiro atoms. The highest BCUT2D eigenvalue weighted by atomic mass is 35.5. The molecule has 4 heteroatoms. The van der Waals surface area contributed by atoms with Crippen LogP contribution >= 0.6 is 23.2 Å². The summed E-state index contributed by atoms with van der Waals surface area (Å²) in [6.07, 6.45) is 0.878.